The maximum Gasteiger partial charge on any atom is 0.147 e. The third kappa shape index (κ3) is 3.55. The lowest BCUT2D eigenvalue weighted by Crippen LogP contribution is -2.23. The third-order valence-electron chi connectivity index (χ3n) is 3.47. The Balaban J connectivity index is 1.61. The molecule has 1 saturated carbocycles. The summed E-state index contributed by atoms with van der Waals surface area (Å²) < 4.78 is 0. The van der Waals surface area contributed by atoms with Gasteiger partial charge in [-0.05, 0) is 31.2 Å². The standard InChI is InChI=1S/C15H20N4S/c1-2-19(11-14-4-3-7-20-14)15-10-17-13(9-18-15)8-16-12-5-6-12/h3-4,7,9-10,12,16H,2,5-6,8,11H2,1H3. The van der Waals surface area contributed by atoms with Crippen molar-refractivity contribution in [1.82, 2.24) is 15.3 Å². The summed E-state index contributed by atoms with van der Waals surface area (Å²) in [5, 5.41) is 5.57. The average Bonchev–Trinajstić information content (AvgIpc) is 3.18. The Morgan fingerprint density at radius 3 is 2.85 bits per heavy atom. The van der Waals surface area contributed by atoms with Crippen molar-refractivity contribution >= 4 is 17.2 Å². The first-order valence-electron chi connectivity index (χ1n) is 7.17. The van der Waals surface area contributed by atoms with E-state index in [2.05, 4.69) is 44.6 Å². The van der Waals surface area contributed by atoms with Crippen LogP contribution in [0.2, 0.25) is 0 Å². The fourth-order valence-electron chi connectivity index (χ4n) is 2.08. The quantitative estimate of drug-likeness (QED) is 0.850. The second-order valence-electron chi connectivity index (χ2n) is 5.11. The zero-order valence-corrected chi connectivity index (χ0v) is 12.6. The van der Waals surface area contributed by atoms with Crippen LogP contribution in [0.15, 0.2) is 29.9 Å². The lowest BCUT2D eigenvalue weighted by atomic mass is 10.4. The Labute approximate surface area is 123 Å². The first kappa shape index (κ1) is 13.5. The number of hydrogen-bond acceptors (Lipinski definition) is 5. The van der Waals surface area contributed by atoms with Crippen LogP contribution in [-0.2, 0) is 13.1 Å². The van der Waals surface area contributed by atoms with Crippen molar-refractivity contribution in [2.75, 3.05) is 11.4 Å². The number of rotatable bonds is 7. The van der Waals surface area contributed by atoms with Gasteiger partial charge in [-0.1, -0.05) is 6.07 Å². The molecule has 3 rings (SSSR count). The minimum absolute atomic E-state index is 0.711. The molecule has 0 aliphatic heterocycles. The molecule has 20 heavy (non-hydrogen) atoms. The number of nitrogens with zero attached hydrogens (tertiary/aromatic N) is 3. The number of hydrogen-bond donors (Lipinski definition) is 1. The van der Waals surface area contributed by atoms with Gasteiger partial charge in [0.25, 0.3) is 0 Å². The number of aromatic nitrogens is 2. The molecule has 106 valence electrons. The monoisotopic (exact) mass is 288 g/mol. The van der Waals surface area contributed by atoms with Gasteiger partial charge in [-0.3, -0.25) is 4.98 Å². The van der Waals surface area contributed by atoms with Gasteiger partial charge in [0.2, 0.25) is 0 Å². The molecule has 0 amide bonds. The second kappa shape index (κ2) is 6.33. The van der Waals surface area contributed by atoms with Crippen LogP contribution in [0.1, 0.15) is 30.3 Å². The van der Waals surface area contributed by atoms with E-state index in [1.807, 2.05) is 12.4 Å². The summed E-state index contributed by atoms with van der Waals surface area (Å²) in [6.45, 7) is 4.82. The van der Waals surface area contributed by atoms with Gasteiger partial charge < -0.3 is 10.2 Å². The average molecular weight is 288 g/mol. The molecule has 2 heterocycles. The van der Waals surface area contributed by atoms with E-state index in [4.69, 9.17) is 0 Å². The summed E-state index contributed by atoms with van der Waals surface area (Å²) in [6.07, 6.45) is 6.38. The van der Waals surface area contributed by atoms with Crippen LogP contribution in [0.5, 0.6) is 0 Å². The fourth-order valence-corrected chi connectivity index (χ4v) is 2.80. The maximum absolute atomic E-state index is 4.56. The van der Waals surface area contributed by atoms with Crippen molar-refractivity contribution in [3.63, 3.8) is 0 Å². The van der Waals surface area contributed by atoms with Crippen molar-refractivity contribution in [2.24, 2.45) is 0 Å². The lowest BCUT2D eigenvalue weighted by Gasteiger charge is -2.20. The van der Waals surface area contributed by atoms with E-state index < -0.39 is 0 Å². The molecule has 0 atom stereocenters. The predicted molar refractivity (Wildman–Crippen MR) is 82.9 cm³/mol. The van der Waals surface area contributed by atoms with Crippen molar-refractivity contribution in [3.8, 4) is 0 Å². The van der Waals surface area contributed by atoms with E-state index in [9.17, 15) is 0 Å². The molecular weight excluding hydrogens is 268 g/mol. The Kier molecular flexibility index (Phi) is 4.28. The van der Waals surface area contributed by atoms with Crippen molar-refractivity contribution < 1.29 is 0 Å². The van der Waals surface area contributed by atoms with E-state index >= 15 is 0 Å². The number of nitrogens with one attached hydrogen (secondary N) is 1. The number of anilines is 1. The largest absolute Gasteiger partial charge is 0.350 e. The normalized spacial score (nSPS) is 14.4. The zero-order valence-electron chi connectivity index (χ0n) is 11.7. The number of thiophene rings is 1. The molecule has 0 saturated heterocycles. The Hall–Kier alpha value is -1.46. The molecule has 1 aliphatic rings. The minimum atomic E-state index is 0.711. The molecule has 0 unspecified atom stereocenters. The Bertz CT molecular complexity index is 519. The minimum Gasteiger partial charge on any atom is -0.350 e. The molecule has 5 heteroatoms. The molecular formula is C15H20N4S. The van der Waals surface area contributed by atoms with Gasteiger partial charge in [0.15, 0.2) is 0 Å². The molecule has 1 fully saturated rings. The van der Waals surface area contributed by atoms with Crippen molar-refractivity contribution in [1.29, 1.82) is 0 Å². The third-order valence-corrected chi connectivity index (χ3v) is 4.33. The van der Waals surface area contributed by atoms with Gasteiger partial charge in [0.1, 0.15) is 5.82 Å². The molecule has 1 N–H and O–H groups in total. The topological polar surface area (TPSA) is 41.1 Å². The van der Waals surface area contributed by atoms with Gasteiger partial charge in [-0.25, -0.2) is 4.98 Å². The molecule has 0 aromatic carbocycles. The van der Waals surface area contributed by atoms with Gasteiger partial charge >= 0.3 is 0 Å². The van der Waals surface area contributed by atoms with E-state index in [0.29, 0.717) is 6.04 Å². The smallest absolute Gasteiger partial charge is 0.147 e. The Morgan fingerprint density at radius 2 is 2.25 bits per heavy atom. The molecule has 4 nitrogen and oxygen atoms in total. The predicted octanol–water partition coefficient (Wildman–Crippen LogP) is 2.82. The van der Waals surface area contributed by atoms with Crippen LogP contribution < -0.4 is 10.2 Å². The summed E-state index contributed by atoms with van der Waals surface area (Å²) >= 11 is 1.78. The SMILES string of the molecule is CCN(Cc1cccs1)c1cnc(CNC2CC2)cn1. The Morgan fingerprint density at radius 1 is 1.35 bits per heavy atom. The van der Waals surface area contributed by atoms with Gasteiger partial charge in [-0.2, -0.15) is 0 Å². The van der Waals surface area contributed by atoms with Crippen molar-refractivity contribution in [3.05, 3.63) is 40.5 Å². The molecule has 2 aromatic heterocycles. The van der Waals surface area contributed by atoms with Gasteiger partial charge in [-0.15, -0.1) is 11.3 Å². The second-order valence-corrected chi connectivity index (χ2v) is 6.15. The van der Waals surface area contributed by atoms with E-state index in [1.54, 1.807) is 11.3 Å². The molecule has 0 bridgehead atoms. The zero-order chi connectivity index (χ0) is 13.8. The first-order valence-corrected chi connectivity index (χ1v) is 8.04. The molecule has 2 aromatic rings. The molecule has 0 radical (unpaired) electrons. The summed E-state index contributed by atoms with van der Waals surface area (Å²) in [5.74, 6) is 0.955. The summed E-state index contributed by atoms with van der Waals surface area (Å²) in [6, 6.07) is 4.96. The maximum atomic E-state index is 4.56. The van der Waals surface area contributed by atoms with Crippen molar-refractivity contribution in [2.45, 2.75) is 38.9 Å². The summed E-state index contributed by atoms with van der Waals surface area (Å²) in [7, 11) is 0. The van der Waals surface area contributed by atoms with Gasteiger partial charge in [0, 0.05) is 24.0 Å². The van der Waals surface area contributed by atoms with E-state index in [1.165, 1.54) is 17.7 Å². The van der Waals surface area contributed by atoms with Gasteiger partial charge in [0.05, 0.1) is 24.6 Å². The van der Waals surface area contributed by atoms with Crippen LogP contribution >= 0.6 is 11.3 Å². The highest BCUT2D eigenvalue weighted by Gasteiger charge is 2.20. The van der Waals surface area contributed by atoms with Crippen LogP contribution in [0.4, 0.5) is 5.82 Å². The fraction of sp³-hybridized carbons (Fsp3) is 0.467. The highest BCUT2D eigenvalue weighted by molar-refractivity contribution is 7.09. The van der Waals surface area contributed by atoms with Crippen LogP contribution in [0.3, 0.4) is 0 Å². The van der Waals surface area contributed by atoms with Crippen LogP contribution in [0.25, 0.3) is 0 Å². The summed E-state index contributed by atoms with van der Waals surface area (Å²) in [4.78, 5) is 12.7. The molecule has 0 spiro atoms. The van der Waals surface area contributed by atoms with Crippen LogP contribution in [-0.4, -0.2) is 22.6 Å². The molecule has 1 aliphatic carbocycles. The van der Waals surface area contributed by atoms with E-state index in [-0.39, 0.29) is 0 Å². The lowest BCUT2D eigenvalue weighted by molar-refractivity contribution is 0.670. The highest BCUT2D eigenvalue weighted by atomic mass is 32.1. The first-order chi connectivity index (χ1) is 9.85. The van der Waals surface area contributed by atoms with Crippen LogP contribution in [0, 0.1) is 0 Å². The van der Waals surface area contributed by atoms with E-state index in [0.717, 1.165) is 31.1 Å². The highest BCUT2D eigenvalue weighted by Crippen LogP contribution is 2.19. The summed E-state index contributed by atoms with van der Waals surface area (Å²) in [5.41, 5.74) is 1.02.